The first-order chi connectivity index (χ1) is 15.2. The Hall–Kier alpha value is -3.37. The van der Waals surface area contributed by atoms with Gasteiger partial charge in [0.25, 0.3) is 0 Å². The molecule has 0 radical (unpaired) electrons. The van der Waals surface area contributed by atoms with Crippen LogP contribution < -0.4 is 0 Å². The Kier molecular flexibility index (Phi) is 6.48. The molecule has 0 atom stereocenters. The van der Waals surface area contributed by atoms with Gasteiger partial charge in [-0.15, -0.1) is 0 Å². The predicted molar refractivity (Wildman–Crippen MR) is 129 cm³/mol. The van der Waals surface area contributed by atoms with Gasteiger partial charge in [-0.25, -0.2) is 4.39 Å². The van der Waals surface area contributed by atoms with Gasteiger partial charge >= 0.3 is 0 Å². The average Bonchev–Trinajstić information content (AvgIpc) is 2.83. The topological polar surface area (TPSA) is 0 Å². The summed E-state index contributed by atoms with van der Waals surface area (Å²) in [6.45, 7) is 4.28. The largest absolute Gasteiger partial charge is 0.205 e. The van der Waals surface area contributed by atoms with Crippen LogP contribution in [0.4, 0.5) is 4.39 Å². The van der Waals surface area contributed by atoms with E-state index in [0.717, 1.165) is 36.6 Å². The second-order valence-corrected chi connectivity index (χ2v) is 7.95. The van der Waals surface area contributed by atoms with Gasteiger partial charge in [-0.1, -0.05) is 86.4 Å². The molecule has 0 spiro atoms. The highest BCUT2D eigenvalue weighted by Gasteiger charge is 2.06. The first-order valence-electron chi connectivity index (χ1n) is 11.1. The molecule has 0 aliphatic rings. The average molecular weight is 407 g/mol. The number of benzene rings is 4. The molecular formula is C30H27F. The highest BCUT2D eigenvalue weighted by atomic mass is 19.1. The van der Waals surface area contributed by atoms with Crippen molar-refractivity contribution in [1.29, 1.82) is 0 Å². The van der Waals surface area contributed by atoms with Crippen molar-refractivity contribution in [3.63, 3.8) is 0 Å². The third kappa shape index (κ3) is 5.04. The molecule has 4 aromatic rings. The smallest absolute Gasteiger partial charge is 0.146 e. The summed E-state index contributed by atoms with van der Waals surface area (Å²) in [6.07, 6.45) is 4.04. The lowest BCUT2D eigenvalue weighted by molar-refractivity contribution is 0.636. The highest BCUT2D eigenvalue weighted by Crippen LogP contribution is 2.22. The van der Waals surface area contributed by atoms with Crippen molar-refractivity contribution < 1.29 is 4.39 Å². The molecule has 0 saturated carbocycles. The normalized spacial score (nSPS) is 10.7. The van der Waals surface area contributed by atoms with Crippen LogP contribution in [0.1, 0.15) is 47.2 Å². The van der Waals surface area contributed by atoms with Crippen molar-refractivity contribution in [3.8, 4) is 11.8 Å². The predicted octanol–water partition coefficient (Wildman–Crippen LogP) is 7.29. The molecule has 0 fully saturated rings. The van der Waals surface area contributed by atoms with Crippen LogP contribution in [0.5, 0.6) is 0 Å². The van der Waals surface area contributed by atoms with Crippen molar-refractivity contribution in [2.45, 2.75) is 39.5 Å². The number of fused-ring (bicyclic) bond motifs is 1. The van der Waals surface area contributed by atoms with Gasteiger partial charge in [0.2, 0.25) is 0 Å². The zero-order valence-electron chi connectivity index (χ0n) is 18.2. The minimum Gasteiger partial charge on any atom is -0.205 e. The Morgan fingerprint density at radius 2 is 1.19 bits per heavy atom. The maximum atomic E-state index is 14.9. The third-order valence-electron chi connectivity index (χ3n) is 5.86. The summed E-state index contributed by atoms with van der Waals surface area (Å²) >= 11 is 0. The van der Waals surface area contributed by atoms with E-state index in [1.807, 2.05) is 36.4 Å². The molecule has 0 heterocycles. The molecule has 1 heteroatoms. The van der Waals surface area contributed by atoms with E-state index >= 15 is 0 Å². The maximum Gasteiger partial charge on any atom is 0.146 e. The Labute approximate surface area is 184 Å². The summed E-state index contributed by atoms with van der Waals surface area (Å²) in [4.78, 5) is 0. The standard InChI is InChI=1S/C30H27F/c1-3-22-5-7-24(8-6-22)9-10-25-11-13-26(14-12-25)15-17-27-18-19-28-21-23(4-2)16-20-29(28)30(27)31/h5-8,11-14,16,18-21H,3-4,9-10H2,1-2H3. The zero-order valence-corrected chi connectivity index (χ0v) is 18.2. The van der Waals surface area contributed by atoms with Crippen LogP contribution in [0.15, 0.2) is 78.9 Å². The maximum absolute atomic E-state index is 14.9. The molecule has 4 rings (SSSR count). The van der Waals surface area contributed by atoms with Crippen LogP contribution in [0, 0.1) is 17.7 Å². The molecule has 0 aromatic heterocycles. The van der Waals surface area contributed by atoms with Crippen molar-refractivity contribution in [2.75, 3.05) is 0 Å². The Morgan fingerprint density at radius 3 is 1.84 bits per heavy atom. The number of hydrogen-bond donors (Lipinski definition) is 0. The molecule has 0 saturated heterocycles. The van der Waals surface area contributed by atoms with Crippen LogP contribution in [-0.4, -0.2) is 0 Å². The van der Waals surface area contributed by atoms with Gasteiger partial charge in [0, 0.05) is 10.9 Å². The van der Waals surface area contributed by atoms with E-state index in [1.165, 1.54) is 22.3 Å². The molecule has 0 aliphatic heterocycles. The molecule has 0 nitrogen and oxygen atoms in total. The molecule has 0 aliphatic carbocycles. The van der Waals surface area contributed by atoms with Gasteiger partial charge in [0.15, 0.2) is 0 Å². The van der Waals surface area contributed by atoms with Crippen molar-refractivity contribution in [2.24, 2.45) is 0 Å². The lowest BCUT2D eigenvalue weighted by Gasteiger charge is -2.04. The Balaban J connectivity index is 1.45. The van der Waals surface area contributed by atoms with E-state index in [1.54, 1.807) is 6.07 Å². The summed E-state index contributed by atoms with van der Waals surface area (Å²) in [7, 11) is 0. The van der Waals surface area contributed by atoms with E-state index in [2.05, 4.69) is 62.1 Å². The summed E-state index contributed by atoms with van der Waals surface area (Å²) in [5, 5.41) is 1.56. The third-order valence-corrected chi connectivity index (χ3v) is 5.86. The fourth-order valence-corrected chi connectivity index (χ4v) is 3.78. The van der Waals surface area contributed by atoms with Gasteiger partial charge in [-0.05, 0) is 71.5 Å². The van der Waals surface area contributed by atoms with Crippen molar-refractivity contribution in [1.82, 2.24) is 0 Å². The van der Waals surface area contributed by atoms with Crippen molar-refractivity contribution in [3.05, 3.63) is 118 Å². The van der Waals surface area contributed by atoms with Crippen molar-refractivity contribution >= 4 is 10.8 Å². The van der Waals surface area contributed by atoms with E-state index in [9.17, 15) is 4.39 Å². The van der Waals surface area contributed by atoms with E-state index < -0.39 is 0 Å². The van der Waals surface area contributed by atoms with Crippen LogP contribution in [0.25, 0.3) is 10.8 Å². The first-order valence-corrected chi connectivity index (χ1v) is 11.1. The van der Waals surface area contributed by atoms with E-state index in [4.69, 9.17) is 0 Å². The number of hydrogen-bond acceptors (Lipinski definition) is 0. The molecule has 0 N–H and O–H groups in total. The number of rotatable bonds is 5. The number of halogens is 1. The van der Waals surface area contributed by atoms with Crippen LogP contribution >= 0.6 is 0 Å². The van der Waals surface area contributed by atoms with Crippen LogP contribution in [0.2, 0.25) is 0 Å². The highest BCUT2D eigenvalue weighted by molar-refractivity contribution is 5.85. The Bertz CT molecular complexity index is 1240. The Morgan fingerprint density at radius 1 is 0.613 bits per heavy atom. The zero-order chi connectivity index (χ0) is 21.6. The monoisotopic (exact) mass is 406 g/mol. The molecule has 4 aromatic carbocycles. The van der Waals surface area contributed by atoms with Gasteiger partial charge in [-0.3, -0.25) is 0 Å². The minimum atomic E-state index is -0.238. The van der Waals surface area contributed by atoms with Gasteiger partial charge in [-0.2, -0.15) is 0 Å². The van der Waals surface area contributed by atoms with Crippen LogP contribution in [0.3, 0.4) is 0 Å². The van der Waals surface area contributed by atoms with Gasteiger partial charge in [0.05, 0.1) is 5.56 Å². The second-order valence-electron chi connectivity index (χ2n) is 7.95. The lowest BCUT2D eigenvalue weighted by Crippen LogP contribution is -1.92. The fourth-order valence-electron chi connectivity index (χ4n) is 3.78. The quantitative estimate of drug-likeness (QED) is 0.305. The SMILES string of the molecule is CCc1ccc(CCc2ccc(C#Cc3ccc4cc(CC)ccc4c3F)cc2)cc1. The summed E-state index contributed by atoms with van der Waals surface area (Å²) < 4.78 is 14.9. The van der Waals surface area contributed by atoms with Crippen LogP contribution in [-0.2, 0) is 25.7 Å². The molecule has 0 amide bonds. The van der Waals surface area contributed by atoms with Gasteiger partial charge in [0.1, 0.15) is 5.82 Å². The van der Waals surface area contributed by atoms with E-state index in [0.29, 0.717) is 10.9 Å². The second kappa shape index (κ2) is 9.63. The summed E-state index contributed by atoms with van der Waals surface area (Å²) in [5.41, 5.74) is 6.57. The molecule has 0 bridgehead atoms. The molecule has 154 valence electrons. The molecular weight excluding hydrogens is 379 g/mol. The minimum absolute atomic E-state index is 0.238. The first kappa shape index (κ1) is 20.9. The summed E-state index contributed by atoms with van der Waals surface area (Å²) in [5.74, 6) is 5.89. The summed E-state index contributed by atoms with van der Waals surface area (Å²) in [6, 6.07) is 26.8. The molecule has 31 heavy (non-hydrogen) atoms. The van der Waals surface area contributed by atoms with Gasteiger partial charge < -0.3 is 0 Å². The molecule has 0 unspecified atom stereocenters. The van der Waals surface area contributed by atoms with E-state index in [-0.39, 0.29) is 5.82 Å². The number of aryl methyl sites for hydroxylation is 4. The lowest BCUT2D eigenvalue weighted by atomic mass is 10.0. The fraction of sp³-hybridized carbons (Fsp3) is 0.200.